The molecule has 4 rings (SSSR count). The van der Waals surface area contributed by atoms with Gasteiger partial charge in [-0.15, -0.1) is 0 Å². The summed E-state index contributed by atoms with van der Waals surface area (Å²) >= 11 is 0. The molecule has 0 saturated carbocycles. The Balaban J connectivity index is 1.69. The van der Waals surface area contributed by atoms with Crippen molar-refractivity contribution < 1.29 is 18.8 Å². The van der Waals surface area contributed by atoms with Gasteiger partial charge in [0, 0.05) is 17.1 Å². The Bertz CT molecular complexity index is 1210. The number of rotatable bonds is 4. The predicted molar refractivity (Wildman–Crippen MR) is 114 cm³/mol. The van der Waals surface area contributed by atoms with Crippen LogP contribution in [0.1, 0.15) is 22.5 Å². The van der Waals surface area contributed by atoms with Crippen molar-refractivity contribution in [2.45, 2.75) is 20.4 Å². The molecule has 1 aliphatic heterocycles. The molecular weight excluding hydrogens is 397 g/mol. The monoisotopic (exact) mass is 417 g/mol. The number of carbonyl (C=O) groups is 3. The average Bonchev–Trinajstić information content (AvgIpc) is 3.03. The third-order valence-electron chi connectivity index (χ3n) is 5.22. The highest BCUT2D eigenvalue weighted by Gasteiger charge is 2.35. The van der Waals surface area contributed by atoms with Crippen LogP contribution in [0.2, 0.25) is 0 Å². The summed E-state index contributed by atoms with van der Waals surface area (Å²) in [5.41, 5.74) is 3.72. The number of urea groups is 1. The lowest BCUT2D eigenvalue weighted by molar-refractivity contribution is -0.130. The van der Waals surface area contributed by atoms with Gasteiger partial charge in [-0.2, -0.15) is 0 Å². The molecule has 1 aliphatic rings. The summed E-state index contributed by atoms with van der Waals surface area (Å²) in [6, 6.07) is 16.2. The SMILES string of the molecule is Cc1cc(/C=C2/C(=O)NC(=O)N(Cc3ccccc3)C2=O)c(C)n1-c1ccc(F)cc1. The van der Waals surface area contributed by atoms with Gasteiger partial charge in [0.25, 0.3) is 11.8 Å². The van der Waals surface area contributed by atoms with Crippen LogP contribution >= 0.6 is 0 Å². The number of aromatic nitrogens is 1. The van der Waals surface area contributed by atoms with E-state index in [1.54, 1.807) is 24.3 Å². The summed E-state index contributed by atoms with van der Waals surface area (Å²) in [6.45, 7) is 3.79. The summed E-state index contributed by atoms with van der Waals surface area (Å²) < 4.78 is 15.2. The number of benzene rings is 2. The standard InChI is InChI=1S/C24H20FN3O3/c1-15-12-18(16(2)28(15)20-10-8-19(25)9-11-20)13-21-22(29)26-24(31)27(23(21)30)14-17-6-4-3-5-7-17/h3-13H,14H2,1-2H3,(H,26,29,31)/b21-13-. The minimum absolute atomic E-state index is 0.0602. The Morgan fingerprint density at radius 3 is 2.32 bits per heavy atom. The molecule has 3 aromatic rings. The third kappa shape index (κ3) is 3.90. The van der Waals surface area contributed by atoms with Gasteiger partial charge in [0.1, 0.15) is 11.4 Å². The number of hydrogen-bond donors (Lipinski definition) is 1. The Hall–Kier alpha value is -4.00. The molecule has 1 aromatic heterocycles. The smallest absolute Gasteiger partial charge is 0.318 e. The number of barbiturate groups is 1. The second kappa shape index (κ2) is 8.02. The maximum atomic E-state index is 13.3. The van der Waals surface area contributed by atoms with Crippen LogP contribution in [-0.2, 0) is 16.1 Å². The van der Waals surface area contributed by atoms with Crippen molar-refractivity contribution in [2.24, 2.45) is 0 Å². The lowest BCUT2D eigenvalue weighted by Gasteiger charge is -2.26. The van der Waals surface area contributed by atoms with Crippen molar-refractivity contribution in [3.63, 3.8) is 0 Å². The Morgan fingerprint density at radius 1 is 0.968 bits per heavy atom. The van der Waals surface area contributed by atoms with Crippen LogP contribution in [0.25, 0.3) is 11.8 Å². The van der Waals surface area contributed by atoms with Gasteiger partial charge in [0.15, 0.2) is 0 Å². The molecule has 6 nitrogen and oxygen atoms in total. The first kappa shape index (κ1) is 20.3. The van der Waals surface area contributed by atoms with Crippen molar-refractivity contribution >= 4 is 23.9 Å². The number of amides is 4. The van der Waals surface area contributed by atoms with E-state index < -0.39 is 17.8 Å². The van der Waals surface area contributed by atoms with Gasteiger partial charge < -0.3 is 4.57 Å². The van der Waals surface area contributed by atoms with Crippen molar-refractivity contribution in [3.8, 4) is 5.69 Å². The molecule has 31 heavy (non-hydrogen) atoms. The summed E-state index contributed by atoms with van der Waals surface area (Å²) in [5, 5.41) is 2.24. The van der Waals surface area contributed by atoms with E-state index in [9.17, 15) is 18.8 Å². The molecule has 2 aromatic carbocycles. The number of halogens is 1. The van der Waals surface area contributed by atoms with E-state index in [2.05, 4.69) is 5.32 Å². The van der Waals surface area contributed by atoms with Crippen molar-refractivity contribution in [3.05, 3.63) is 94.6 Å². The van der Waals surface area contributed by atoms with E-state index in [0.29, 0.717) is 5.56 Å². The molecule has 1 saturated heterocycles. The normalized spacial score (nSPS) is 15.5. The quantitative estimate of drug-likeness (QED) is 0.517. The maximum absolute atomic E-state index is 13.3. The molecule has 0 spiro atoms. The van der Waals surface area contributed by atoms with E-state index in [0.717, 1.165) is 27.5 Å². The number of carbonyl (C=O) groups excluding carboxylic acids is 3. The molecule has 0 bridgehead atoms. The average molecular weight is 417 g/mol. The lowest BCUT2D eigenvalue weighted by atomic mass is 10.1. The van der Waals surface area contributed by atoms with E-state index in [4.69, 9.17) is 0 Å². The summed E-state index contributed by atoms with van der Waals surface area (Å²) in [4.78, 5) is 38.7. The molecule has 7 heteroatoms. The van der Waals surface area contributed by atoms with E-state index in [1.165, 1.54) is 18.2 Å². The molecule has 4 amide bonds. The molecule has 1 N–H and O–H groups in total. The van der Waals surface area contributed by atoms with E-state index in [-0.39, 0.29) is 17.9 Å². The van der Waals surface area contributed by atoms with Crippen LogP contribution in [0, 0.1) is 19.7 Å². The topological polar surface area (TPSA) is 71.4 Å². The zero-order valence-corrected chi connectivity index (χ0v) is 17.1. The van der Waals surface area contributed by atoms with Crippen molar-refractivity contribution in [1.82, 2.24) is 14.8 Å². The Morgan fingerprint density at radius 2 is 1.65 bits per heavy atom. The highest BCUT2D eigenvalue weighted by atomic mass is 19.1. The van der Waals surface area contributed by atoms with Gasteiger partial charge in [-0.3, -0.25) is 19.8 Å². The summed E-state index contributed by atoms with van der Waals surface area (Å²) in [5.74, 6) is -1.71. The van der Waals surface area contributed by atoms with Crippen LogP contribution in [0.5, 0.6) is 0 Å². The molecule has 0 unspecified atom stereocenters. The Kier molecular flexibility index (Phi) is 5.25. The van der Waals surface area contributed by atoms with Crippen LogP contribution in [0.3, 0.4) is 0 Å². The van der Waals surface area contributed by atoms with E-state index >= 15 is 0 Å². The van der Waals surface area contributed by atoms with Crippen LogP contribution in [0.4, 0.5) is 9.18 Å². The zero-order valence-electron chi connectivity index (χ0n) is 17.1. The third-order valence-corrected chi connectivity index (χ3v) is 5.22. The van der Waals surface area contributed by atoms with Crippen molar-refractivity contribution in [1.29, 1.82) is 0 Å². The number of hydrogen-bond acceptors (Lipinski definition) is 3. The summed E-state index contributed by atoms with van der Waals surface area (Å²) in [7, 11) is 0. The lowest BCUT2D eigenvalue weighted by Crippen LogP contribution is -2.53. The zero-order chi connectivity index (χ0) is 22.1. The molecule has 0 atom stereocenters. The molecule has 2 heterocycles. The Labute approximate surface area is 178 Å². The second-order valence-corrected chi connectivity index (χ2v) is 7.33. The van der Waals surface area contributed by atoms with Gasteiger partial charge in [0.05, 0.1) is 6.54 Å². The van der Waals surface area contributed by atoms with E-state index in [1.807, 2.05) is 42.7 Å². The first-order chi connectivity index (χ1) is 14.8. The van der Waals surface area contributed by atoms with Gasteiger partial charge >= 0.3 is 6.03 Å². The van der Waals surface area contributed by atoms with Crippen LogP contribution in [-0.4, -0.2) is 27.3 Å². The van der Waals surface area contributed by atoms with Crippen molar-refractivity contribution in [2.75, 3.05) is 0 Å². The largest absolute Gasteiger partial charge is 0.331 e. The highest BCUT2D eigenvalue weighted by Crippen LogP contribution is 2.24. The maximum Gasteiger partial charge on any atom is 0.331 e. The fraction of sp³-hybridized carbons (Fsp3) is 0.125. The second-order valence-electron chi connectivity index (χ2n) is 7.33. The van der Waals surface area contributed by atoms with Gasteiger partial charge in [-0.1, -0.05) is 30.3 Å². The summed E-state index contributed by atoms with van der Waals surface area (Å²) in [6.07, 6.45) is 1.49. The first-order valence-electron chi connectivity index (χ1n) is 9.73. The fourth-order valence-corrected chi connectivity index (χ4v) is 3.68. The van der Waals surface area contributed by atoms with Crippen LogP contribution < -0.4 is 5.32 Å². The van der Waals surface area contributed by atoms with Gasteiger partial charge in [-0.25, -0.2) is 9.18 Å². The van der Waals surface area contributed by atoms with Gasteiger partial charge in [-0.05, 0) is 61.4 Å². The molecule has 156 valence electrons. The van der Waals surface area contributed by atoms with Crippen LogP contribution in [0.15, 0.2) is 66.2 Å². The highest BCUT2D eigenvalue weighted by molar-refractivity contribution is 6.31. The molecular formula is C24H20FN3O3. The number of nitrogens with zero attached hydrogens (tertiary/aromatic N) is 2. The molecule has 1 fully saturated rings. The number of aryl methyl sites for hydroxylation is 1. The first-order valence-corrected chi connectivity index (χ1v) is 9.73. The minimum atomic E-state index is -0.743. The minimum Gasteiger partial charge on any atom is -0.318 e. The predicted octanol–water partition coefficient (Wildman–Crippen LogP) is 3.90. The fourth-order valence-electron chi connectivity index (χ4n) is 3.68. The number of imide groups is 2. The van der Waals surface area contributed by atoms with Gasteiger partial charge in [0.2, 0.25) is 0 Å². The molecule has 0 radical (unpaired) electrons. The molecule has 0 aliphatic carbocycles. The number of nitrogens with one attached hydrogen (secondary N) is 1.